The van der Waals surface area contributed by atoms with Crippen molar-refractivity contribution in [1.29, 1.82) is 0 Å². The number of primary amides is 1. The van der Waals surface area contributed by atoms with Gasteiger partial charge in [-0.25, -0.2) is 4.98 Å². The van der Waals surface area contributed by atoms with Gasteiger partial charge in [0.15, 0.2) is 0 Å². The average molecular weight is 199 g/mol. The molecule has 1 rings (SSSR count). The van der Waals surface area contributed by atoms with Crippen LogP contribution in [0.1, 0.15) is 18.3 Å². The van der Waals surface area contributed by atoms with E-state index in [0.717, 1.165) is 0 Å². The van der Waals surface area contributed by atoms with Crippen LogP contribution in [0.25, 0.3) is 0 Å². The average Bonchev–Trinajstić information content (AvgIpc) is 2.48. The molecule has 0 bridgehead atoms. The van der Waals surface area contributed by atoms with Crippen LogP contribution in [0.5, 0.6) is 0 Å². The molecule has 78 valence electrons. The number of carbonyl (C=O) groups is 1. The van der Waals surface area contributed by atoms with Gasteiger partial charge in [-0.05, 0) is 0 Å². The highest BCUT2D eigenvalue weighted by atomic mass is 16.3. The van der Waals surface area contributed by atoms with E-state index in [1.54, 1.807) is 17.8 Å². The van der Waals surface area contributed by atoms with Gasteiger partial charge in [-0.1, -0.05) is 0 Å². The Morgan fingerprint density at radius 1 is 1.71 bits per heavy atom. The van der Waals surface area contributed by atoms with E-state index in [-0.39, 0.29) is 6.42 Å². The first kappa shape index (κ1) is 10.7. The van der Waals surface area contributed by atoms with Gasteiger partial charge in [-0.2, -0.15) is 0 Å². The molecule has 0 aliphatic heterocycles. The maximum Gasteiger partial charge on any atom is 0.220 e. The van der Waals surface area contributed by atoms with Crippen LogP contribution in [0.2, 0.25) is 0 Å². The zero-order chi connectivity index (χ0) is 10.7. The number of aliphatic hydroxyl groups excluding tert-OH is 2. The summed E-state index contributed by atoms with van der Waals surface area (Å²) in [6, 6.07) is 0. The minimum absolute atomic E-state index is 0.284. The summed E-state index contributed by atoms with van der Waals surface area (Å²) in [5, 5.41) is 18.9. The van der Waals surface area contributed by atoms with Crippen molar-refractivity contribution in [3.63, 3.8) is 0 Å². The van der Waals surface area contributed by atoms with E-state index in [2.05, 4.69) is 4.98 Å². The van der Waals surface area contributed by atoms with Crippen LogP contribution >= 0.6 is 0 Å². The topological polar surface area (TPSA) is 101 Å². The molecule has 1 heterocycles. The summed E-state index contributed by atoms with van der Waals surface area (Å²) < 4.78 is 1.56. The summed E-state index contributed by atoms with van der Waals surface area (Å²) in [5.41, 5.74) is 4.89. The molecule has 14 heavy (non-hydrogen) atoms. The van der Waals surface area contributed by atoms with Gasteiger partial charge >= 0.3 is 0 Å². The third-order valence-electron chi connectivity index (χ3n) is 1.90. The fourth-order valence-electron chi connectivity index (χ4n) is 1.15. The number of carbonyl (C=O) groups excluding carboxylic acids is 1. The van der Waals surface area contributed by atoms with Crippen molar-refractivity contribution in [2.45, 2.75) is 18.6 Å². The number of aliphatic hydroxyl groups is 2. The molecule has 2 atom stereocenters. The van der Waals surface area contributed by atoms with Crippen LogP contribution in [0.3, 0.4) is 0 Å². The third-order valence-corrected chi connectivity index (χ3v) is 1.90. The fourth-order valence-corrected chi connectivity index (χ4v) is 1.15. The number of aryl methyl sites for hydroxylation is 1. The molecule has 0 aliphatic rings. The second kappa shape index (κ2) is 4.21. The molecule has 1 aromatic heterocycles. The van der Waals surface area contributed by atoms with E-state index in [0.29, 0.717) is 5.82 Å². The molecule has 2 unspecified atom stereocenters. The lowest BCUT2D eigenvalue weighted by atomic mass is 10.1. The van der Waals surface area contributed by atoms with E-state index in [9.17, 15) is 15.0 Å². The Balaban J connectivity index is 2.70. The van der Waals surface area contributed by atoms with Crippen LogP contribution < -0.4 is 5.73 Å². The standard InChI is InChI=1S/C8H13N3O3/c1-11-3-2-10-8(11)7(14)5(12)4-6(9)13/h2-3,5,7,12,14H,4H2,1H3,(H2,9,13). The lowest BCUT2D eigenvalue weighted by Gasteiger charge is -2.15. The smallest absolute Gasteiger partial charge is 0.220 e. The maximum atomic E-state index is 10.5. The number of nitrogens with two attached hydrogens (primary N) is 1. The molecule has 0 saturated carbocycles. The highest BCUT2D eigenvalue weighted by molar-refractivity contribution is 5.74. The second-order valence-electron chi connectivity index (χ2n) is 3.08. The summed E-state index contributed by atoms with van der Waals surface area (Å²) in [5.74, 6) is -0.357. The molecule has 0 radical (unpaired) electrons. The van der Waals surface area contributed by atoms with Crippen molar-refractivity contribution in [1.82, 2.24) is 9.55 Å². The first-order valence-corrected chi connectivity index (χ1v) is 4.14. The number of imidazole rings is 1. The molecule has 1 aromatic rings. The summed E-state index contributed by atoms with van der Waals surface area (Å²) >= 11 is 0. The van der Waals surface area contributed by atoms with Crippen LogP contribution in [0.4, 0.5) is 0 Å². The monoisotopic (exact) mass is 199 g/mol. The van der Waals surface area contributed by atoms with E-state index in [1.165, 1.54) is 6.20 Å². The van der Waals surface area contributed by atoms with Gasteiger partial charge in [-0.15, -0.1) is 0 Å². The molecule has 0 aliphatic carbocycles. The summed E-state index contributed by atoms with van der Waals surface area (Å²) in [7, 11) is 1.68. The van der Waals surface area contributed by atoms with Crippen LogP contribution in [0.15, 0.2) is 12.4 Å². The number of hydrogen-bond acceptors (Lipinski definition) is 4. The summed E-state index contributed by atoms with van der Waals surface area (Å²) in [4.78, 5) is 14.3. The number of amides is 1. The lowest BCUT2D eigenvalue weighted by Crippen LogP contribution is -2.27. The molecule has 0 saturated heterocycles. The molecule has 1 amide bonds. The molecule has 0 spiro atoms. The van der Waals surface area contributed by atoms with Crippen molar-refractivity contribution in [3.8, 4) is 0 Å². The van der Waals surface area contributed by atoms with Crippen molar-refractivity contribution in [2.24, 2.45) is 12.8 Å². The van der Waals surface area contributed by atoms with E-state index >= 15 is 0 Å². The Kier molecular flexibility index (Phi) is 3.21. The van der Waals surface area contributed by atoms with E-state index < -0.39 is 18.1 Å². The lowest BCUT2D eigenvalue weighted by molar-refractivity contribution is -0.121. The first-order valence-electron chi connectivity index (χ1n) is 4.14. The summed E-state index contributed by atoms with van der Waals surface area (Å²) in [6.45, 7) is 0. The fraction of sp³-hybridized carbons (Fsp3) is 0.500. The van der Waals surface area contributed by atoms with Gasteiger partial charge in [0.2, 0.25) is 5.91 Å². The number of hydrogen-bond donors (Lipinski definition) is 3. The maximum absolute atomic E-state index is 10.5. The molecular formula is C8H13N3O3. The molecule has 0 aromatic carbocycles. The molecule has 4 N–H and O–H groups in total. The highest BCUT2D eigenvalue weighted by Gasteiger charge is 2.23. The zero-order valence-corrected chi connectivity index (χ0v) is 7.79. The predicted octanol–water partition coefficient (Wildman–Crippen LogP) is -1.31. The quantitative estimate of drug-likeness (QED) is 0.560. The summed E-state index contributed by atoms with van der Waals surface area (Å²) in [6.07, 6.45) is 0.440. The normalized spacial score (nSPS) is 15.1. The van der Waals surface area contributed by atoms with Gasteiger partial charge in [0.1, 0.15) is 11.9 Å². The molecule has 6 heteroatoms. The van der Waals surface area contributed by atoms with E-state index in [4.69, 9.17) is 5.73 Å². The number of nitrogens with zero attached hydrogens (tertiary/aromatic N) is 2. The number of aromatic nitrogens is 2. The van der Waals surface area contributed by atoms with Crippen molar-refractivity contribution < 1.29 is 15.0 Å². The number of rotatable bonds is 4. The molecule has 0 fully saturated rings. The van der Waals surface area contributed by atoms with Gasteiger partial charge in [0.05, 0.1) is 12.5 Å². The Bertz CT molecular complexity index is 323. The Morgan fingerprint density at radius 3 is 2.79 bits per heavy atom. The van der Waals surface area contributed by atoms with Crippen molar-refractivity contribution >= 4 is 5.91 Å². The highest BCUT2D eigenvalue weighted by Crippen LogP contribution is 2.15. The van der Waals surface area contributed by atoms with Crippen LogP contribution in [0, 0.1) is 0 Å². The van der Waals surface area contributed by atoms with Crippen molar-refractivity contribution in [2.75, 3.05) is 0 Å². The van der Waals surface area contributed by atoms with Crippen LogP contribution in [-0.2, 0) is 11.8 Å². The van der Waals surface area contributed by atoms with Gasteiger partial charge < -0.3 is 20.5 Å². The van der Waals surface area contributed by atoms with Gasteiger partial charge in [-0.3, -0.25) is 4.79 Å². The van der Waals surface area contributed by atoms with Crippen LogP contribution in [-0.4, -0.2) is 31.8 Å². The molecular weight excluding hydrogens is 186 g/mol. The zero-order valence-electron chi connectivity index (χ0n) is 7.79. The Morgan fingerprint density at radius 2 is 2.36 bits per heavy atom. The first-order chi connectivity index (χ1) is 6.52. The van der Waals surface area contributed by atoms with Gasteiger partial charge in [0, 0.05) is 19.4 Å². The minimum atomic E-state index is -1.21. The Hall–Kier alpha value is -1.40. The minimum Gasteiger partial charge on any atom is -0.389 e. The second-order valence-corrected chi connectivity index (χ2v) is 3.08. The largest absolute Gasteiger partial charge is 0.389 e. The molecule has 6 nitrogen and oxygen atoms in total. The predicted molar refractivity (Wildman–Crippen MR) is 48.0 cm³/mol. The SMILES string of the molecule is Cn1ccnc1C(O)C(O)CC(N)=O. The van der Waals surface area contributed by atoms with E-state index in [1.807, 2.05) is 0 Å². The third kappa shape index (κ3) is 2.30. The Labute approximate surface area is 81.0 Å². The van der Waals surface area contributed by atoms with Crippen molar-refractivity contribution in [3.05, 3.63) is 18.2 Å². The van der Waals surface area contributed by atoms with Gasteiger partial charge in [0.25, 0.3) is 0 Å².